The van der Waals surface area contributed by atoms with Gasteiger partial charge in [-0.15, -0.1) is 0 Å². The fraction of sp³-hybridized carbons (Fsp3) is 0.500. The molecule has 128 valence electrons. The molecule has 0 unspecified atom stereocenters. The Bertz CT molecular complexity index is 532. The fourth-order valence-corrected chi connectivity index (χ4v) is 2.33. The summed E-state index contributed by atoms with van der Waals surface area (Å²) in [6.45, 7) is 1.33. The number of halogens is 2. The van der Waals surface area contributed by atoms with Crippen molar-refractivity contribution in [2.75, 3.05) is 40.8 Å². The average Bonchev–Trinajstić information content (AvgIpc) is 2.49. The number of carbonyl (C=O) groups is 2. The van der Waals surface area contributed by atoms with E-state index in [9.17, 15) is 14.0 Å². The summed E-state index contributed by atoms with van der Waals surface area (Å²) in [7, 11) is 5.14. The quantitative estimate of drug-likeness (QED) is 0.680. The van der Waals surface area contributed by atoms with Gasteiger partial charge in [0.25, 0.3) is 5.91 Å². The molecule has 7 heteroatoms. The predicted molar refractivity (Wildman–Crippen MR) is 87.1 cm³/mol. The summed E-state index contributed by atoms with van der Waals surface area (Å²) in [5.41, 5.74) is -0.163. The number of nitrogens with zero attached hydrogens (tertiary/aromatic N) is 2. The molecule has 0 saturated carbocycles. The first-order valence-electron chi connectivity index (χ1n) is 7.31. The van der Waals surface area contributed by atoms with Crippen LogP contribution in [0.1, 0.15) is 23.2 Å². The molecule has 0 N–H and O–H groups in total. The Balaban J connectivity index is 2.88. The van der Waals surface area contributed by atoms with Gasteiger partial charge in [-0.2, -0.15) is 0 Å². The number of methoxy groups -OCH3 is 1. The summed E-state index contributed by atoms with van der Waals surface area (Å²) in [4.78, 5) is 27.3. The van der Waals surface area contributed by atoms with Crippen LogP contribution in [0.4, 0.5) is 4.39 Å². The van der Waals surface area contributed by atoms with Gasteiger partial charge in [-0.1, -0.05) is 17.7 Å². The van der Waals surface area contributed by atoms with Crippen LogP contribution in [-0.4, -0.2) is 62.5 Å². The highest BCUT2D eigenvalue weighted by Gasteiger charge is 2.22. The van der Waals surface area contributed by atoms with Gasteiger partial charge in [0.1, 0.15) is 5.82 Å². The molecule has 0 saturated heterocycles. The topological polar surface area (TPSA) is 49.9 Å². The highest BCUT2D eigenvalue weighted by Crippen LogP contribution is 2.21. The van der Waals surface area contributed by atoms with Gasteiger partial charge in [0.05, 0.1) is 24.1 Å². The van der Waals surface area contributed by atoms with Crippen LogP contribution in [0.2, 0.25) is 5.02 Å². The number of esters is 1. The average molecular weight is 345 g/mol. The van der Waals surface area contributed by atoms with E-state index in [0.717, 1.165) is 6.54 Å². The minimum atomic E-state index is -0.668. The number of benzene rings is 1. The smallest absolute Gasteiger partial charge is 0.307 e. The Morgan fingerprint density at radius 3 is 2.48 bits per heavy atom. The summed E-state index contributed by atoms with van der Waals surface area (Å²) >= 11 is 5.96. The van der Waals surface area contributed by atoms with Crippen LogP contribution in [0.3, 0.4) is 0 Å². The van der Waals surface area contributed by atoms with Gasteiger partial charge in [0, 0.05) is 13.1 Å². The molecule has 0 fully saturated rings. The molecule has 0 spiro atoms. The van der Waals surface area contributed by atoms with Crippen LogP contribution in [-0.2, 0) is 9.53 Å². The van der Waals surface area contributed by atoms with Crippen molar-refractivity contribution in [2.24, 2.45) is 0 Å². The molecule has 1 amide bonds. The number of rotatable bonds is 8. The van der Waals surface area contributed by atoms with Crippen molar-refractivity contribution in [2.45, 2.75) is 12.8 Å². The van der Waals surface area contributed by atoms with E-state index in [4.69, 9.17) is 11.6 Å². The Morgan fingerprint density at radius 2 is 1.91 bits per heavy atom. The Kier molecular flexibility index (Phi) is 7.98. The summed E-state index contributed by atoms with van der Waals surface area (Å²) in [6, 6.07) is 4.10. The normalized spacial score (nSPS) is 10.7. The predicted octanol–water partition coefficient (Wildman–Crippen LogP) is 2.44. The van der Waals surface area contributed by atoms with E-state index in [1.54, 1.807) is 0 Å². The van der Waals surface area contributed by atoms with Crippen molar-refractivity contribution < 1.29 is 18.7 Å². The maximum atomic E-state index is 13.9. The van der Waals surface area contributed by atoms with Crippen LogP contribution in [0, 0.1) is 5.82 Å². The summed E-state index contributed by atoms with van der Waals surface area (Å²) in [6.07, 6.45) is 0.752. The van der Waals surface area contributed by atoms with E-state index in [-0.39, 0.29) is 23.6 Å². The Hall–Kier alpha value is -1.66. The number of hydrogen-bond acceptors (Lipinski definition) is 4. The summed E-state index contributed by atoms with van der Waals surface area (Å²) in [5.74, 6) is -1.61. The number of hydrogen-bond donors (Lipinski definition) is 0. The van der Waals surface area contributed by atoms with Gasteiger partial charge in [-0.25, -0.2) is 4.39 Å². The second-order valence-electron chi connectivity index (χ2n) is 5.37. The van der Waals surface area contributed by atoms with Crippen molar-refractivity contribution in [3.8, 4) is 0 Å². The molecule has 5 nitrogen and oxygen atoms in total. The molecule has 23 heavy (non-hydrogen) atoms. The van der Waals surface area contributed by atoms with Crippen LogP contribution in [0.25, 0.3) is 0 Å². The van der Waals surface area contributed by atoms with Gasteiger partial charge in [0.15, 0.2) is 0 Å². The van der Waals surface area contributed by atoms with Gasteiger partial charge in [-0.05, 0) is 39.2 Å². The lowest BCUT2D eigenvalue weighted by Gasteiger charge is -2.24. The largest absolute Gasteiger partial charge is 0.469 e. The molecular weight excluding hydrogens is 323 g/mol. The van der Waals surface area contributed by atoms with E-state index in [0.29, 0.717) is 13.0 Å². The first kappa shape index (κ1) is 19.4. The van der Waals surface area contributed by atoms with Crippen molar-refractivity contribution in [1.82, 2.24) is 9.80 Å². The fourth-order valence-electron chi connectivity index (χ4n) is 2.08. The molecule has 0 bridgehead atoms. The highest BCUT2D eigenvalue weighted by atomic mass is 35.5. The molecule has 0 heterocycles. The molecule has 0 radical (unpaired) electrons. The monoisotopic (exact) mass is 344 g/mol. The van der Waals surface area contributed by atoms with Crippen molar-refractivity contribution in [3.05, 3.63) is 34.6 Å². The van der Waals surface area contributed by atoms with Crippen LogP contribution in [0.5, 0.6) is 0 Å². The van der Waals surface area contributed by atoms with Crippen molar-refractivity contribution in [3.63, 3.8) is 0 Å². The number of ether oxygens (including phenoxy) is 1. The molecule has 0 aliphatic rings. The summed E-state index contributed by atoms with van der Waals surface area (Å²) < 4.78 is 18.5. The van der Waals surface area contributed by atoms with Gasteiger partial charge < -0.3 is 14.5 Å². The molecule has 0 aliphatic heterocycles. The molecule has 1 aromatic carbocycles. The minimum Gasteiger partial charge on any atom is -0.469 e. The second kappa shape index (κ2) is 9.47. The zero-order valence-electron chi connectivity index (χ0n) is 13.6. The first-order valence-corrected chi connectivity index (χ1v) is 7.69. The molecule has 0 aromatic heterocycles. The van der Waals surface area contributed by atoms with Gasteiger partial charge in [0.2, 0.25) is 0 Å². The first-order chi connectivity index (χ1) is 10.9. The molecule has 0 aliphatic carbocycles. The zero-order valence-corrected chi connectivity index (χ0v) is 14.4. The minimum absolute atomic E-state index is 0.0519. The van der Waals surface area contributed by atoms with E-state index >= 15 is 0 Å². The van der Waals surface area contributed by atoms with Gasteiger partial charge in [-0.3, -0.25) is 9.59 Å². The lowest BCUT2D eigenvalue weighted by atomic mass is 10.1. The Labute approximate surface area is 141 Å². The maximum absolute atomic E-state index is 13.9. The number of carbonyl (C=O) groups excluding carboxylic acids is 2. The van der Waals surface area contributed by atoms with Crippen LogP contribution < -0.4 is 0 Å². The molecule has 1 aromatic rings. The number of amides is 1. The standard InChI is InChI=1S/C16H22ClFN2O3/c1-19(2)9-5-10-20(11-8-14(21)23-3)16(22)15-12(17)6-4-7-13(15)18/h4,6-7H,5,8-11H2,1-3H3. The molecule has 0 atom stereocenters. The molecular formula is C16H22ClFN2O3. The lowest BCUT2D eigenvalue weighted by Crippen LogP contribution is -2.36. The SMILES string of the molecule is COC(=O)CCN(CCCN(C)C)C(=O)c1c(F)cccc1Cl. The Morgan fingerprint density at radius 1 is 1.22 bits per heavy atom. The lowest BCUT2D eigenvalue weighted by molar-refractivity contribution is -0.140. The van der Waals surface area contributed by atoms with E-state index in [2.05, 4.69) is 4.74 Å². The maximum Gasteiger partial charge on any atom is 0.307 e. The van der Waals surface area contributed by atoms with Crippen LogP contribution in [0.15, 0.2) is 18.2 Å². The summed E-state index contributed by atoms with van der Waals surface area (Å²) in [5, 5.41) is 0.0608. The zero-order chi connectivity index (χ0) is 17.4. The van der Waals surface area contributed by atoms with Crippen molar-refractivity contribution in [1.29, 1.82) is 0 Å². The highest BCUT2D eigenvalue weighted by molar-refractivity contribution is 6.33. The van der Waals surface area contributed by atoms with E-state index in [1.165, 1.54) is 30.2 Å². The van der Waals surface area contributed by atoms with E-state index in [1.807, 2.05) is 19.0 Å². The molecule has 1 rings (SSSR count). The second-order valence-corrected chi connectivity index (χ2v) is 5.78. The van der Waals surface area contributed by atoms with E-state index < -0.39 is 17.7 Å². The van der Waals surface area contributed by atoms with Crippen LogP contribution >= 0.6 is 11.6 Å². The van der Waals surface area contributed by atoms with Crippen molar-refractivity contribution >= 4 is 23.5 Å². The van der Waals surface area contributed by atoms with Gasteiger partial charge >= 0.3 is 5.97 Å². The third-order valence-corrected chi connectivity index (χ3v) is 3.63. The third-order valence-electron chi connectivity index (χ3n) is 3.31. The third kappa shape index (κ3) is 6.15.